The summed E-state index contributed by atoms with van der Waals surface area (Å²) >= 11 is 0. The fourth-order valence-corrected chi connectivity index (χ4v) is 2.76. The summed E-state index contributed by atoms with van der Waals surface area (Å²) in [5, 5.41) is 8.93. The number of hydrogen-bond donors (Lipinski definition) is 1. The summed E-state index contributed by atoms with van der Waals surface area (Å²) in [6.07, 6.45) is 0.832. The van der Waals surface area contributed by atoms with Crippen molar-refractivity contribution in [3.05, 3.63) is 29.8 Å². The molecule has 1 aliphatic heterocycles. The van der Waals surface area contributed by atoms with Gasteiger partial charge in [-0.1, -0.05) is 0 Å². The first kappa shape index (κ1) is 15.8. The lowest BCUT2D eigenvalue weighted by Crippen LogP contribution is -2.52. The zero-order chi connectivity index (χ0) is 15.2. The second-order valence-electron chi connectivity index (χ2n) is 5.45. The van der Waals surface area contributed by atoms with E-state index in [9.17, 15) is 4.79 Å². The van der Waals surface area contributed by atoms with Gasteiger partial charge in [0.15, 0.2) is 0 Å². The molecule has 5 heteroatoms. The number of aliphatic hydroxyl groups excluding tert-OH is 1. The van der Waals surface area contributed by atoms with Gasteiger partial charge in [-0.15, -0.1) is 0 Å². The Morgan fingerprint density at radius 3 is 2.62 bits per heavy atom. The minimum atomic E-state index is -0.302. The Hall–Kier alpha value is -1.59. The lowest BCUT2D eigenvalue weighted by molar-refractivity contribution is 0.0600. The molecular formula is C16H24N2O3. The number of anilines is 1. The number of carbonyl (C=O) groups is 1. The van der Waals surface area contributed by atoms with E-state index in [1.54, 1.807) is 0 Å². The van der Waals surface area contributed by atoms with E-state index in [0.29, 0.717) is 11.6 Å². The quantitative estimate of drug-likeness (QED) is 0.831. The average Bonchev–Trinajstić information content (AvgIpc) is 2.53. The molecule has 1 atom stereocenters. The number of piperazine rings is 1. The molecule has 1 heterocycles. The fourth-order valence-electron chi connectivity index (χ4n) is 2.76. The van der Waals surface area contributed by atoms with Gasteiger partial charge in [-0.05, 0) is 37.6 Å². The molecule has 0 amide bonds. The lowest BCUT2D eigenvalue weighted by atomic mass is 10.1. The Balaban J connectivity index is 1.96. The van der Waals surface area contributed by atoms with E-state index in [1.807, 2.05) is 24.3 Å². The molecule has 0 spiro atoms. The number of carbonyl (C=O) groups excluding carboxylic acids is 1. The van der Waals surface area contributed by atoms with Crippen molar-refractivity contribution in [1.82, 2.24) is 4.90 Å². The van der Waals surface area contributed by atoms with Gasteiger partial charge >= 0.3 is 5.97 Å². The van der Waals surface area contributed by atoms with E-state index in [1.165, 1.54) is 7.11 Å². The monoisotopic (exact) mass is 292 g/mol. The predicted molar refractivity (Wildman–Crippen MR) is 82.7 cm³/mol. The summed E-state index contributed by atoms with van der Waals surface area (Å²) in [6.45, 7) is 6.34. The number of hydrogen-bond acceptors (Lipinski definition) is 5. The number of esters is 1. The van der Waals surface area contributed by atoms with Crippen molar-refractivity contribution in [3.8, 4) is 0 Å². The molecule has 0 radical (unpaired) electrons. The van der Waals surface area contributed by atoms with Gasteiger partial charge in [-0.3, -0.25) is 4.90 Å². The first-order chi connectivity index (χ1) is 10.2. The number of rotatable bonds is 5. The predicted octanol–water partition coefficient (Wildman–Crippen LogP) is 1.37. The van der Waals surface area contributed by atoms with Crippen molar-refractivity contribution in [2.24, 2.45) is 0 Å². The Kier molecular flexibility index (Phi) is 5.59. The average molecular weight is 292 g/mol. The van der Waals surface area contributed by atoms with Crippen molar-refractivity contribution in [2.45, 2.75) is 19.4 Å². The van der Waals surface area contributed by atoms with Crippen LogP contribution in [0, 0.1) is 0 Å². The summed E-state index contributed by atoms with van der Waals surface area (Å²) in [5.74, 6) is -0.302. The standard InChI is InChI=1S/C16H24N2O3/c1-13-12-18(10-9-17(13)8-3-11-19)15-6-4-14(5-7-15)16(20)21-2/h4-7,13,19H,3,8-12H2,1-2H3. The van der Waals surface area contributed by atoms with Crippen LogP contribution in [0.2, 0.25) is 0 Å². The van der Waals surface area contributed by atoms with Crippen LogP contribution in [0.15, 0.2) is 24.3 Å². The smallest absolute Gasteiger partial charge is 0.337 e. The first-order valence-corrected chi connectivity index (χ1v) is 7.44. The van der Waals surface area contributed by atoms with E-state index < -0.39 is 0 Å². The molecule has 1 fully saturated rings. The topological polar surface area (TPSA) is 53.0 Å². The maximum atomic E-state index is 11.4. The molecule has 0 saturated carbocycles. The summed E-state index contributed by atoms with van der Waals surface area (Å²) < 4.78 is 4.71. The molecule has 116 valence electrons. The third-order valence-corrected chi connectivity index (χ3v) is 4.02. The van der Waals surface area contributed by atoms with Gasteiger partial charge in [0.25, 0.3) is 0 Å². The van der Waals surface area contributed by atoms with Crippen LogP contribution in [-0.2, 0) is 4.74 Å². The van der Waals surface area contributed by atoms with Crippen LogP contribution in [0.1, 0.15) is 23.7 Å². The molecule has 1 N–H and O–H groups in total. The van der Waals surface area contributed by atoms with Gasteiger partial charge in [-0.2, -0.15) is 0 Å². The summed E-state index contributed by atoms with van der Waals surface area (Å²) in [4.78, 5) is 16.2. The highest BCUT2D eigenvalue weighted by Gasteiger charge is 2.23. The second-order valence-corrected chi connectivity index (χ2v) is 5.45. The van der Waals surface area contributed by atoms with Crippen molar-refractivity contribution in [3.63, 3.8) is 0 Å². The highest BCUT2D eigenvalue weighted by atomic mass is 16.5. The number of ether oxygens (including phenoxy) is 1. The van der Waals surface area contributed by atoms with Crippen LogP contribution >= 0.6 is 0 Å². The molecule has 1 unspecified atom stereocenters. The first-order valence-electron chi connectivity index (χ1n) is 7.44. The van der Waals surface area contributed by atoms with E-state index in [2.05, 4.69) is 16.7 Å². The number of methoxy groups -OCH3 is 1. The summed E-state index contributed by atoms with van der Waals surface area (Å²) in [5.41, 5.74) is 1.71. The molecule has 0 aliphatic carbocycles. The maximum absolute atomic E-state index is 11.4. The highest BCUT2D eigenvalue weighted by Crippen LogP contribution is 2.20. The molecule has 1 aromatic carbocycles. The molecule has 1 saturated heterocycles. The zero-order valence-corrected chi connectivity index (χ0v) is 12.8. The van der Waals surface area contributed by atoms with Gasteiger partial charge in [0.05, 0.1) is 12.7 Å². The lowest BCUT2D eigenvalue weighted by Gasteiger charge is -2.41. The Labute approximate surface area is 126 Å². The van der Waals surface area contributed by atoms with Crippen molar-refractivity contribution in [2.75, 3.05) is 44.8 Å². The van der Waals surface area contributed by atoms with Crippen LogP contribution in [0.3, 0.4) is 0 Å². The third kappa shape index (κ3) is 3.95. The van der Waals surface area contributed by atoms with E-state index >= 15 is 0 Å². The van der Waals surface area contributed by atoms with E-state index in [0.717, 1.165) is 38.3 Å². The molecule has 0 bridgehead atoms. The second kappa shape index (κ2) is 7.43. The third-order valence-electron chi connectivity index (χ3n) is 4.02. The molecular weight excluding hydrogens is 268 g/mol. The molecule has 2 rings (SSSR count). The number of nitrogens with zero attached hydrogens (tertiary/aromatic N) is 2. The Morgan fingerprint density at radius 1 is 1.33 bits per heavy atom. The molecule has 0 aromatic heterocycles. The summed E-state index contributed by atoms with van der Waals surface area (Å²) in [6, 6.07) is 8.03. The van der Waals surface area contributed by atoms with Gasteiger partial charge in [0.2, 0.25) is 0 Å². The van der Waals surface area contributed by atoms with Crippen molar-refractivity contribution >= 4 is 11.7 Å². The van der Waals surface area contributed by atoms with Gasteiger partial charge in [0, 0.05) is 44.5 Å². The van der Waals surface area contributed by atoms with Crippen LogP contribution in [0.4, 0.5) is 5.69 Å². The molecule has 1 aromatic rings. The van der Waals surface area contributed by atoms with Crippen molar-refractivity contribution in [1.29, 1.82) is 0 Å². The number of aliphatic hydroxyl groups is 1. The SMILES string of the molecule is COC(=O)c1ccc(N2CCN(CCCO)C(C)C2)cc1. The Bertz CT molecular complexity index is 461. The van der Waals surface area contributed by atoms with Crippen LogP contribution < -0.4 is 4.90 Å². The molecule has 21 heavy (non-hydrogen) atoms. The maximum Gasteiger partial charge on any atom is 0.337 e. The summed E-state index contributed by atoms with van der Waals surface area (Å²) in [7, 11) is 1.39. The largest absolute Gasteiger partial charge is 0.465 e. The van der Waals surface area contributed by atoms with Crippen molar-refractivity contribution < 1.29 is 14.6 Å². The minimum Gasteiger partial charge on any atom is -0.465 e. The minimum absolute atomic E-state index is 0.252. The van der Waals surface area contributed by atoms with Crippen LogP contribution in [-0.4, -0.2) is 61.9 Å². The fraction of sp³-hybridized carbons (Fsp3) is 0.562. The van der Waals surface area contributed by atoms with Crippen LogP contribution in [0.5, 0.6) is 0 Å². The zero-order valence-electron chi connectivity index (χ0n) is 12.8. The number of benzene rings is 1. The van der Waals surface area contributed by atoms with Gasteiger partial charge in [0.1, 0.15) is 0 Å². The van der Waals surface area contributed by atoms with Gasteiger partial charge < -0.3 is 14.7 Å². The van der Waals surface area contributed by atoms with Gasteiger partial charge in [-0.25, -0.2) is 4.79 Å². The molecule has 5 nitrogen and oxygen atoms in total. The normalized spacial score (nSPS) is 19.6. The van der Waals surface area contributed by atoms with Crippen LogP contribution in [0.25, 0.3) is 0 Å². The van der Waals surface area contributed by atoms with E-state index in [-0.39, 0.29) is 12.6 Å². The highest BCUT2D eigenvalue weighted by molar-refractivity contribution is 5.89. The van der Waals surface area contributed by atoms with E-state index in [4.69, 9.17) is 9.84 Å². The Morgan fingerprint density at radius 2 is 2.05 bits per heavy atom. The molecule has 1 aliphatic rings.